The van der Waals surface area contributed by atoms with Crippen molar-refractivity contribution in [2.75, 3.05) is 56.8 Å². The summed E-state index contributed by atoms with van der Waals surface area (Å²) in [7, 11) is 0. The fourth-order valence-corrected chi connectivity index (χ4v) is 2.26. The van der Waals surface area contributed by atoms with E-state index >= 15 is 0 Å². The molecule has 0 radical (unpaired) electrons. The van der Waals surface area contributed by atoms with Gasteiger partial charge in [0, 0.05) is 24.7 Å². The van der Waals surface area contributed by atoms with Gasteiger partial charge in [-0.05, 0) is 17.7 Å². The number of anilines is 2. The maximum atomic E-state index is 5.91. The van der Waals surface area contributed by atoms with Crippen LogP contribution in [0.2, 0.25) is 5.02 Å². The summed E-state index contributed by atoms with van der Waals surface area (Å²) >= 11 is 5.91. The molecular formula is C19H27ClN6O3. The van der Waals surface area contributed by atoms with E-state index in [0.717, 1.165) is 5.56 Å². The van der Waals surface area contributed by atoms with Crippen LogP contribution in [0.4, 0.5) is 11.9 Å². The molecule has 0 saturated heterocycles. The van der Waals surface area contributed by atoms with Crippen LogP contribution >= 0.6 is 11.6 Å². The van der Waals surface area contributed by atoms with Gasteiger partial charge >= 0.3 is 6.01 Å². The van der Waals surface area contributed by atoms with Gasteiger partial charge in [-0.15, -0.1) is 0 Å². The van der Waals surface area contributed by atoms with Crippen LogP contribution in [0.3, 0.4) is 0 Å². The van der Waals surface area contributed by atoms with Crippen molar-refractivity contribution in [1.82, 2.24) is 15.0 Å². The summed E-state index contributed by atoms with van der Waals surface area (Å²) in [5.41, 5.74) is 6.39. The van der Waals surface area contributed by atoms with Crippen molar-refractivity contribution < 1.29 is 14.2 Å². The van der Waals surface area contributed by atoms with Gasteiger partial charge in [-0.1, -0.05) is 36.4 Å². The van der Waals surface area contributed by atoms with E-state index in [1.807, 2.05) is 24.3 Å². The molecule has 10 heteroatoms. The smallest absolute Gasteiger partial charge is 0.323 e. The topological polar surface area (TPSA) is 116 Å². The normalized spacial score (nSPS) is 10.6. The van der Waals surface area contributed by atoms with Gasteiger partial charge in [-0.3, -0.25) is 0 Å². The predicted molar refractivity (Wildman–Crippen MR) is 113 cm³/mol. The Hall–Kier alpha value is -2.46. The second-order valence-corrected chi connectivity index (χ2v) is 6.22. The summed E-state index contributed by atoms with van der Waals surface area (Å²) in [6.07, 6.45) is 1.62. The maximum absolute atomic E-state index is 5.91. The third kappa shape index (κ3) is 9.53. The zero-order valence-corrected chi connectivity index (χ0v) is 17.0. The molecule has 0 aliphatic carbocycles. The van der Waals surface area contributed by atoms with Gasteiger partial charge < -0.3 is 30.6 Å². The predicted octanol–water partition coefficient (Wildman–Crippen LogP) is 2.11. The third-order valence-electron chi connectivity index (χ3n) is 3.47. The second-order valence-electron chi connectivity index (χ2n) is 5.79. The molecule has 0 atom stereocenters. The van der Waals surface area contributed by atoms with Crippen LogP contribution in [0.25, 0.3) is 0 Å². The number of halogens is 1. The van der Waals surface area contributed by atoms with Crippen LogP contribution in [-0.4, -0.2) is 61.1 Å². The second kappa shape index (κ2) is 13.7. The van der Waals surface area contributed by atoms with Crippen molar-refractivity contribution in [3.8, 4) is 6.01 Å². The van der Waals surface area contributed by atoms with Gasteiger partial charge in [0.1, 0.15) is 6.61 Å². The highest BCUT2D eigenvalue weighted by atomic mass is 35.5. The molecule has 0 amide bonds. The summed E-state index contributed by atoms with van der Waals surface area (Å²) in [6.45, 7) is 7.52. The molecule has 2 aromatic rings. The number of nitrogens with two attached hydrogens (primary N) is 1. The van der Waals surface area contributed by atoms with E-state index in [2.05, 4.69) is 32.2 Å². The van der Waals surface area contributed by atoms with Gasteiger partial charge in [-0.2, -0.15) is 15.0 Å². The average Bonchev–Trinajstić information content (AvgIpc) is 2.74. The average molecular weight is 423 g/mol. The van der Waals surface area contributed by atoms with Crippen LogP contribution in [-0.2, 0) is 16.0 Å². The summed E-state index contributed by atoms with van der Waals surface area (Å²) in [5.74, 6) is 0.785. The molecule has 1 aromatic carbocycles. The number of hydrogen-bond donors (Lipinski definition) is 3. The number of nitrogens with one attached hydrogen (secondary N) is 2. The SMILES string of the molecule is C=CCOc1nc(NCCOCCOCCN)nc(NCc2ccc(Cl)cc2)n1. The maximum Gasteiger partial charge on any atom is 0.323 e. The fourth-order valence-electron chi connectivity index (χ4n) is 2.14. The molecule has 0 unspecified atom stereocenters. The Kier molecular flexibility index (Phi) is 10.8. The molecule has 9 nitrogen and oxygen atoms in total. The highest BCUT2D eigenvalue weighted by Crippen LogP contribution is 2.14. The van der Waals surface area contributed by atoms with Gasteiger partial charge in [0.2, 0.25) is 11.9 Å². The van der Waals surface area contributed by atoms with Gasteiger partial charge in [0.15, 0.2) is 0 Å². The molecule has 1 heterocycles. The summed E-state index contributed by atoms with van der Waals surface area (Å²) in [5, 5.41) is 6.95. The number of rotatable bonds is 15. The first-order chi connectivity index (χ1) is 14.2. The summed E-state index contributed by atoms with van der Waals surface area (Å²) in [6, 6.07) is 7.73. The van der Waals surface area contributed by atoms with Crippen molar-refractivity contribution in [2.24, 2.45) is 5.73 Å². The molecule has 0 bridgehead atoms. The molecule has 2 rings (SSSR count). The van der Waals surface area contributed by atoms with E-state index in [4.69, 9.17) is 31.5 Å². The number of ether oxygens (including phenoxy) is 3. The first-order valence-corrected chi connectivity index (χ1v) is 9.66. The highest BCUT2D eigenvalue weighted by Gasteiger charge is 2.07. The molecule has 158 valence electrons. The lowest BCUT2D eigenvalue weighted by Gasteiger charge is -2.11. The highest BCUT2D eigenvalue weighted by molar-refractivity contribution is 6.30. The third-order valence-corrected chi connectivity index (χ3v) is 3.72. The van der Waals surface area contributed by atoms with Crippen LogP contribution in [0.15, 0.2) is 36.9 Å². The molecule has 29 heavy (non-hydrogen) atoms. The van der Waals surface area contributed by atoms with Gasteiger partial charge in [0.05, 0.1) is 26.4 Å². The lowest BCUT2D eigenvalue weighted by molar-refractivity contribution is 0.0547. The minimum Gasteiger partial charge on any atom is -0.459 e. The van der Waals surface area contributed by atoms with E-state index in [0.29, 0.717) is 69.6 Å². The molecular weight excluding hydrogens is 396 g/mol. The summed E-state index contributed by atoms with van der Waals surface area (Å²) in [4.78, 5) is 12.9. The number of benzene rings is 1. The Morgan fingerprint density at radius 1 is 0.966 bits per heavy atom. The standard InChI is InChI=1S/C19H27ClN6O3/c1-2-9-29-19-25-17(22-8-11-28-13-12-27-10-7-21)24-18(26-19)23-14-15-3-5-16(20)6-4-15/h2-6H,1,7-14,21H2,(H2,22,23,24,25,26). The van der Waals surface area contributed by atoms with E-state index in [-0.39, 0.29) is 6.01 Å². The van der Waals surface area contributed by atoms with Crippen molar-refractivity contribution in [3.05, 3.63) is 47.5 Å². The van der Waals surface area contributed by atoms with Crippen molar-refractivity contribution in [2.45, 2.75) is 6.54 Å². The number of aromatic nitrogens is 3. The molecule has 0 spiro atoms. The monoisotopic (exact) mass is 422 g/mol. The van der Waals surface area contributed by atoms with E-state index in [9.17, 15) is 0 Å². The largest absolute Gasteiger partial charge is 0.459 e. The molecule has 1 aromatic heterocycles. The van der Waals surface area contributed by atoms with Crippen molar-refractivity contribution in [3.63, 3.8) is 0 Å². The minimum absolute atomic E-state index is 0.206. The Balaban J connectivity index is 1.86. The van der Waals surface area contributed by atoms with E-state index < -0.39 is 0 Å². The van der Waals surface area contributed by atoms with E-state index in [1.165, 1.54) is 0 Å². The molecule has 4 N–H and O–H groups in total. The number of nitrogens with zero attached hydrogens (tertiary/aromatic N) is 3. The van der Waals surface area contributed by atoms with Crippen LogP contribution < -0.4 is 21.1 Å². The first kappa shape index (κ1) is 22.8. The first-order valence-electron chi connectivity index (χ1n) is 9.28. The Morgan fingerprint density at radius 3 is 2.34 bits per heavy atom. The lowest BCUT2D eigenvalue weighted by atomic mass is 10.2. The Morgan fingerprint density at radius 2 is 1.66 bits per heavy atom. The van der Waals surface area contributed by atoms with Crippen molar-refractivity contribution >= 4 is 23.5 Å². The Labute approximate surface area is 175 Å². The molecule has 0 saturated carbocycles. The van der Waals surface area contributed by atoms with Gasteiger partial charge in [-0.25, -0.2) is 0 Å². The Bertz CT molecular complexity index is 732. The molecule has 0 aliphatic heterocycles. The molecule has 0 aliphatic rings. The summed E-state index contributed by atoms with van der Waals surface area (Å²) < 4.78 is 16.2. The quantitative estimate of drug-likeness (QED) is 0.293. The van der Waals surface area contributed by atoms with E-state index in [1.54, 1.807) is 6.08 Å². The fraction of sp³-hybridized carbons (Fsp3) is 0.421. The zero-order valence-electron chi connectivity index (χ0n) is 16.3. The van der Waals surface area contributed by atoms with Crippen LogP contribution in [0.1, 0.15) is 5.56 Å². The number of hydrogen-bond acceptors (Lipinski definition) is 9. The van der Waals surface area contributed by atoms with Gasteiger partial charge in [0.25, 0.3) is 0 Å². The molecule has 0 fully saturated rings. The lowest BCUT2D eigenvalue weighted by Crippen LogP contribution is -2.16. The van der Waals surface area contributed by atoms with Crippen molar-refractivity contribution in [1.29, 1.82) is 0 Å². The zero-order chi connectivity index (χ0) is 20.7. The van der Waals surface area contributed by atoms with Crippen LogP contribution in [0.5, 0.6) is 6.01 Å². The minimum atomic E-state index is 0.206. The van der Waals surface area contributed by atoms with Crippen LogP contribution in [0, 0.1) is 0 Å².